The van der Waals surface area contributed by atoms with Crippen molar-refractivity contribution in [2.45, 2.75) is 6.18 Å². The Kier molecular flexibility index (Phi) is 4.24. The number of hydrogen-bond acceptors (Lipinski definition) is 3. The number of benzene rings is 3. The van der Waals surface area contributed by atoms with Crippen LogP contribution in [0.3, 0.4) is 0 Å². The van der Waals surface area contributed by atoms with Crippen molar-refractivity contribution >= 4 is 22.3 Å². The maximum absolute atomic E-state index is 13.3. The molecule has 1 aromatic heterocycles. The van der Waals surface area contributed by atoms with E-state index in [4.69, 9.17) is 0 Å². The summed E-state index contributed by atoms with van der Waals surface area (Å²) in [5.41, 5.74) is 0.768. The lowest BCUT2D eigenvalue weighted by molar-refractivity contribution is -0.136. The van der Waals surface area contributed by atoms with Gasteiger partial charge in [0.05, 0.1) is 11.3 Å². The molecule has 3 nitrogen and oxygen atoms in total. The molecular weight excluding hydrogens is 351 g/mol. The Balaban J connectivity index is 1.84. The second-order valence-electron chi connectivity index (χ2n) is 5.98. The average Bonchev–Trinajstić information content (AvgIpc) is 2.68. The number of hydrogen-bond donors (Lipinski definition) is 1. The molecule has 0 saturated carbocycles. The summed E-state index contributed by atoms with van der Waals surface area (Å²) < 4.78 is 39.8. The van der Waals surface area contributed by atoms with Crippen molar-refractivity contribution in [2.24, 2.45) is 0 Å². The lowest BCUT2D eigenvalue weighted by Crippen LogP contribution is -2.09. The molecule has 1 N–H and O–H groups in total. The van der Waals surface area contributed by atoms with Crippen LogP contribution in [0.15, 0.2) is 78.9 Å². The zero-order valence-corrected chi connectivity index (χ0v) is 14.0. The van der Waals surface area contributed by atoms with Gasteiger partial charge in [0.1, 0.15) is 5.69 Å². The first-order valence-electron chi connectivity index (χ1n) is 8.28. The third kappa shape index (κ3) is 3.33. The second kappa shape index (κ2) is 6.72. The minimum Gasteiger partial charge on any atom is -0.338 e. The van der Waals surface area contributed by atoms with Crippen molar-refractivity contribution in [3.05, 3.63) is 84.4 Å². The maximum atomic E-state index is 13.3. The molecule has 0 fully saturated rings. The molecule has 0 unspecified atom stereocenters. The molecule has 0 saturated heterocycles. The van der Waals surface area contributed by atoms with E-state index in [2.05, 4.69) is 15.5 Å². The summed E-state index contributed by atoms with van der Waals surface area (Å²) in [5, 5.41) is 12.8. The number of para-hydroxylation sites is 1. The van der Waals surface area contributed by atoms with Crippen LogP contribution in [-0.4, -0.2) is 10.2 Å². The SMILES string of the molecule is FC(F)(F)c1ccccc1Nc1nnc(-c2ccccc2)c2ccccc12. The molecule has 0 radical (unpaired) electrons. The predicted octanol–water partition coefficient (Wildman–Crippen LogP) is 6.06. The number of aromatic nitrogens is 2. The highest BCUT2D eigenvalue weighted by Gasteiger charge is 2.33. The first-order chi connectivity index (χ1) is 13.0. The Morgan fingerprint density at radius 3 is 2.04 bits per heavy atom. The zero-order chi connectivity index (χ0) is 18.9. The number of anilines is 2. The summed E-state index contributed by atoms with van der Waals surface area (Å²) in [7, 11) is 0. The average molecular weight is 365 g/mol. The fourth-order valence-corrected chi connectivity index (χ4v) is 2.97. The summed E-state index contributed by atoms with van der Waals surface area (Å²) in [6, 6.07) is 22.2. The van der Waals surface area contributed by atoms with Crippen molar-refractivity contribution in [3.8, 4) is 11.3 Å². The molecule has 4 aromatic rings. The lowest BCUT2D eigenvalue weighted by Gasteiger charge is -2.15. The van der Waals surface area contributed by atoms with E-state index in [0.717, 1.165) is 17.0 Å². The van der Waals surface area contributed by atoms with Crippen LogP contribution in [0.5, 0.6) is 0 Å². The molecule has 0 aliphatic carbocycles. The van der Waals surface area contributed by atoms with Crippen molar-refractivity contribution < 1.29 is 13.2 Å². The number of fused-ring (bicyclic) bond motifs is 1. The predicted molar refractivity (Wildman–Crippen MR) is 99.7 cm³/mol. The van der Waals surface area contributed by atoms with Gasteiger partial charge in [0.15, 0.2) is 5.82 Å². The molecule has 0 amide bonds. The van der Waals surface area contributed by atoms with Gasteiger partial charge in [-0.05, 0) is 12.1 Å². The van der Waals surface area contributed by atoms with Gasteiger partial charge in [-0.2, -0.15) is 13.2 Å². The second-order valence-corrected chi connectivity index (χ2v) is 5.98. The minimum atomic E-state index is -4.46. The molecule has 0 aliphatic heterocycles. The fourth-order valence-electron chi connectivity index (χ4n) is 2.97. The quantitative estimate of drug-likeness (QED) is 0.480. The lowest BCUT2D eigenvalue weighted by atomic mass is 10.0. The molecule has 6 heteroatoms. The Labute approximate surface area is 153 Å². The number of halogens is 3. The molecule has 27 heavy (non-hydrogen) atoms. The Morgan fingerprint density at radius 1 is 0.667 bits per heavy atom. The largest absolute Gasteiger partial charge is 0.418 e. The number of alkyl halides is 3. The van der Waals surface area contributed by atoms with Crippen LogP contribution in [-0.2, 0) is 6.18 Å². The summed E-state index contributed by atoms with van der Waals surface area (Å²) in [4.78, 5) is 0. The van der Waals surface area contributed by atoms with E-state index in [9.17, 15) is 13.2 Å². The van der Waals surface area contributed by atoms with E-state index in [1.807, 2.05) is 54.6 Å². The summed E-state index contributed by atoms with van der Waals surface area (Å²) in [6.07, 6.45) is -4.46. The normalized spacial score (nSPS) is 11.5. The smallest absolute Gasteiger partial charge is 0.338 e. The molecule has 1 heterocycles. The van der Waals surface area contributed by atoms with E-state index in [0.29, 0.717) is 11.1 Å². The number of rotatable bonds is 3. The zero-order valence-electron chi connectivity index (χ0n) is 14.0. The van der Waals surface area contributed by atoms with E-state index in [-0.39, 0.29) is 11.5 Å². The molecule has 3 aromatic carbocycles. The van der Waals surface area contributed by atoms with E-state index in [1.165, 1.54) is 12.1 Å². The minimum absolute atomic E-state index is 0.0584. The van der Waals surface area contributed by atoms with Crippen molar-refractivity contribution in [3.63, 3.8) is 0 Å². The number of nitrogens with one attached hydrogen (secondary N) is 1. The van der Waals surface area contributed by atoms with Crippen molar-refractivity contribution in [1.82, 2.24) is 10.2 Å². The molecule has 0 spiro atoms. The van der Waals surface area contributed by atoms with Crippen LogP contribution < -0.4 is 5.32 Å². The van der Waals surface area contributed by atoms with Crippen LogP contribution in [0.1, 0.15) is 5.56 Å². The van der Waals surface area contributed by atoms with Gasteiger partial charge in [0.2, 0.25) is 0 Å². The van der Waals surface area contributed by atoms with E-state index < -0.39 is 11.7 Å². The molecule has 134 valence electrons. The van der Waals surface area contributed by atoms with Crippen LogP contribution in [0.25, 0.3) is 22.0 Å². The first kappa shape index (κ1) is 17.0. The Morgan fingerprint density at radius 2 is 1.30 bits per heavy atom. The standard InChI is InChI=1S/C21H14F3N3/c22-21(23,24)17-12-6-7-13-18(17)25-20-16-11-5-4-10-15(16)19(26-27-20)14-8-2-1-3-9-14/h1-13H,(H,25,27). The Bertz CT molecular complexity index is 1090. The van der Waals surface area contributed by atoms with Gasteiger partial charge in [0, 0.05) is 16.3 Å². The highest BCUT2D eigenvalue weighted by molar-refractivity contribution is 6.00. The molecule has 0 bridgehead atoms. The van der Waals surface area contributed by atoms with E-state index >= 15 is 0 Å². The molecule has 0 aliphatic rings. The van der Waals surface area contributed by atoms with Gasteiger partial charge in [-0.15, -0.1) is 10.2 Å². The summed E-state index contributed by atoms with van der Waals surface area (Å²) >= 11 is 0. The van der Waals surface area contributed by atoms with Gasteiger partial charge in [-0.25, -0.2) is 0 Å². The van der Waals surface area contributed by atoms with Crippen LogP contribution >= 0.6 is 0 Å². The first-order valence-corrected chi connectivity index (χ1v) is 8.28. The topological polar surface area (TPSA) is 37.8 Å². The van der Waals surface area contributed by atoms with Gasteiger partial charge in [0.25, 0.3) is 0 Å². The van der Waals surface area contributed by atoms with Crippen molar-refractivity contribution in [2.75, 3.05) is 5.32 Å². The highest BCUT2D eigenvalue weighted by atomic mass is 19.4. The monoisotopic (exact) mass is 365 g/mol. The molecule has 0 atom stereocenters. The molecule has 4 rings (SSSR count). The van der Waals surface area contributed by atoms with Crippen LogP contribution in [0.4, 0.5) is 24.7 Å². The van der Waals surface area contributed by atoms with Crippen LogP contribution in [0, 0.1) is 0 Å². The van der Waals surface area contributed by atoms with Gasteiger partial charge in [-0.3, -0.25) is 0 Å². The van der Waals surface area contributed by atoms with Crippen LogP contribution in [0.2, 0.25) is 0 Å². The highest BCUT2D eigenvalue weighted by Crippen LogP contribution is 2.37. The third-order valence-electron chi connectivity index (χ3n) is 4.22. The summed E-state index contributed by atoms with van der Waals surface area (Å²) in [6.45, 7) is 0. The number of nitrogens with zero attached hydrogens (tertiary/aromatic N) is 2. The van der Waals surface area contributed by atoms with E-state index in [1.54, 1.807) is 6.07 Å². The Hall–Kier alpha value is -3.41. The van der Waals surface area contributed by atoms with Gasteiger partial charge in [-0.1, -0.05) is 66.7 Å². The third-order valence-corrected chi connectivity index (χ3v) is 4.22. The molecular formula is C21H14F3N3. The van der Waals surface area contributed by atoms with Crippen molar-refractivity contribution in [1.29, 1.82) is 0 Å². The maximum Gasteiger partial charge on any atom is 0.418 e. The fraction of sp³-hybridized carbons (Fsp3) is 0.0476. The van der Waals surface area contributed by atoms with Gasteiger partial charge < -0.3 is 5.32 Å². The van der Waals surface area contributed by atoms with Gasteiger partial charge >= 0.3 is 6.18 Å². The summed E-state index contributed by atoms with van der Waals surface area (Å²) in [5.74, 6) is 0.280.